The van der Waals surface area contributed by atoms with Gasteiger partial charge >= 0.3 is 5.69 Å². The molecule has 1 heterocycles. The van der Waals surface area contributed by atoms with Crippen molar-refractivity contribution in [2.24, 2.45) is 0 Å². The first-order chi connectivity index (χ1) is 12.5. The summed E-state index contributed by atoms with van der Waals surface area (Å²) >= 11 is 1.28. The Morgan fingerprint density at radius 3 is 2.65 bits per heavy atom. The van der Waals surface area contributed by atoms with Crippen molar-refractivity contribution in [2.75, 3.05) is 12.4 Å². The molecule has 3 rings (SSSR count). The van der Waals surface area contributed by atoms with Crippen LogP contribution < -0.4 is 10.1 Å². The topological polar surface area (TPSA) is 94.4 Å². The van der Waals surface area contributed by atoms with Gasteiger partial charge in [-0.2, -0.15) is 4.39 Å². The van der Waals surface area contributed by atoms with Crippen molar-refractivity contribution in [3.8, 4) is 16.3 Å². The summed E-state index contributed by atoms with van der Waals surface area (Å²) in [5.41, 5.74) is 0.391. The number of halogens is 1. The zero-order valence-corrected chi connectivity index (χ0v) is 14.2. The van der Waals surface area contributed by atoms with Gasteiger partial charge in [0.25, 0.3) is 5.91 Å². The summed E-state index contributed by atoms with van der Waals surface area (Å²) in [6.45, 7) is 0. The van der Waals surface area contributed by atoms with Crippen molar-refractivity contribution < 1.29 is 18.8 Å². The summed E-state index contributed by atoms with van der Waals surface area (Å²) in [6.07, 6.45) is 0. The van der Waals surface area contributed by atoms with Crippen LogP contribution in [0.5, 0.6) is 5.75 Å². The highest BCUT2D eigenvalue weighted by Gasteiger charge is 2.17. The SMILES string of the molecule is COc1ccc(-c2nc(C(=O)Nc3ccc(F)c([N+](=O)[O-])c3)cs2)cc1. The fourth-order valence-electron chi connectivity index (χ4n) is 2.17. The van der Waals surface area contributed by atoms with Crippen LogP contribution in [0.1, 0.15) is 10.5 Å². The Balaban J connectivity index is 1.78. The molecule has 26 heavy (non-hydrogen) atoms. The molecule has 0 aliphatic rings. The highest BCUT2D eigenvalue weighted by Crippen LogP contribution is 2.26. The monoisotopic (exact) mass is 373 g/mol. The number of rotatable bonds is 5. The molecule has 0 saturated carbocycles. The van der Waals surface area contributed by atoms with Gasteiger partial charge in [-0.15, -0.1) is 11.3 Å². The predicted molar refractivity (Wildman–Crippen MR) is 95.1 cm³/mol. The number of ether oxygens (including phenoxy) is 1. The fourth-order valence-corrected chi connectivity index (χ4v) is 2.98. The molecule has 0 saturated heterocycles. The lowest BCUT2D eigenvalue weighted by molar-refractivity contribution is -0.387. The zero-order valence-electron chi connectivity index (χ0n) is 13.4. The number of thiazole rings is 1. The number of aromatic nitrogens is 1. The van der Waals surface area contributed by atoms with E-state index in [2.05, 4.69) is 10.3 Å². The van der Waals surface area contributed by atoms with E-state index in [1.54, 1.807) is 24.6 Å². The Labute approximate surface area is 151 Å². The number of nitro benzene ring substituents is 1. The number of nitro groups is 1. The van der Waals surface area contributed by atoms with E-state index >= 15 is 0 Å². The van der Waals surface area contributed by atoms with Gasteiger partial charge in [0, 0.05) is 22.7 Å². The van der Waals surface area contributed by atoms with Gasteiger partial charge in [-0.05, 0) is 36.4 Å². The Morgan fingerprint density at radius 1 is 1.27 bits per heavy atom. The molecule has 0 unspecified atom stereocenters. The van der Waals surface area contributed by atoms with E-state index in [0.29, 0.717) is 10.8 Å². The quantitative estimate of drug-likeness (QED) is 0.536. The van der Waals surface area contributed by atoms with Gasteiger partial charge in [0.1, 0.15) is 16.5 Å². The van der Waals surface area contributed by atoms with Crippen molar-refractivity contribution >= 4 is 28.6 Å². The van der Waals surface area contributed by atoms with Gasteiger partial charge in [-0.3, -0.25) is 14.9 Å². The molecule has 9 heteroatoms. The van der Waals surface area contributed by atoms with E-state index in [9.17, 15) is 19.3 Å². The minimum Gasteiger partial charge on any atom is -0.497 e. The molecular formula is C17H12FN3O4S. The van der Waals surface area contributed by atoms with Crippen LogP contribution in [-0.4, -0.2) is 22.9 Å². The van der Waals surface area contributed by atoms with Crippen molar-refractivity contribution in [2.45, 2.75) is 0 Å². The molecule has 1 N–H and O–H groups in total. The normalized spacial score (nSPS) is 10.4. The minimum absolute atomic E-state index is 0.113. The van der Waals surface area contributed by atoms with E-state index in [1.165, 1.54) is 17.4 Å². The van der Waals surface area contributed by atoms with Crippen LogP contribution in [0.4, 0.5) is 15.8 Å². The average molecular weight is 373 g/mol. The number of methoxy groups -OCH3 is 1. The number of hydrogen-bond donors (Lipinski definition) is 1. The van der Waals surface area contributed by atoms with Crippen molar-refractivity contribution in [1.82, 2.24) is 4.98 Å². The number of benzene rings is 2. The maximum Gasteiger partial charge on any atom is 0.306 e. The van der Waals surface area contributed by atoms with Crippen molar-refractivity contribution in [3.63, 3.8) is 0 Å². The summed E-state index contributed by atoms with van der Waals surface area (Å²) in [7, 11) is 1.57. The van der Waals surface area contributed by atoms with Crippen LogP contribution in [0, 0.1) is 15.9 Å². The van der Waals surface area contributed by atoms with E-state index in [4.69, 9.17) is 4.74 Å². The third-order valence-corrected chi connectivity index (χ3v) is 4.37. The lowest BCUT2D eigenvalue weighted by atomic mass is 10.2. The first-order valence-electron chi connectivity index (χ1n) is 7.33. The van der Waals surface area contributed by atoms with E-state index in [1.807, 2.05) is 12.1 Å². The van der Waals surface area contributed by atoms with E-state index in [0.717, 1.165) is 17.7 Å². The summed E-state index contributed by atoms with van der Waals surface area (Å²) < 4.78 is 18.4. The molecule has 0 fully saturated rings. The molecule has 1 aromatic heterocycles. The number of carbonyl (C=O) groups excluding carboxylic acids is 1. The van der Waals surface area contributed by atoms with Crippen molar-refractivity contribution in [3.05, 3.63) is 69.5 Å². The van der Waals surface area contributed by atoms with Crippen LogP contribution in [0.15, 0.2) is 47.8 Å². The second kappa shape index (κ2) is 7.28. The number of amides is 1. The van der Waals surface area contributed by atoms with Gasteiger partial charge < -0.3 is 10.1 Å². The maximum atomic E-state index is 13.4. The maximum absolute atomic E-state index is 13.4. The first-order valence-corrected chi connectivity index (χ1v) is 8.21. The number of anilines is 1. The molecule has 0 spiro atoms. The number of hydrogen-bond acceptors (Lipinski definition) is 6. The number of nitrogens with one attached hydrogen (secondary N) is 1. The number of nitrogens with zero attached hydrogens (tertiary/aromatic N) is 2. The molecule has 3 aromatic rings. The summed E-state index contributed by atoms with van der Waals surface area (Å²) in [5, 5.41) is 15.5. The molecule has 0 radical (unpaired) electrons. The van der Waals surface area contributed by atoms with Gasteiger partial charge in [0.15, 0.2) is 0 Å². The van der Waals surface area contributed by atoms with Gasteiger partial charge in [0.05, 0.1) is 12.0 Å². The highest BCUT2D eigenvalue weighted by molar-refractivity contribution is 7.13. The van der Waals surface area contributed by atoms with Gasteiger partial charge in [-0.25, -0.2) is 4.98 Å². The Hall–Kier alpha value is -3.33. The Morgan fingerprint density at radius 2 is 2.00 bits per heavy atom. The molecule has 2 aromatic carbocycles. The smallest absolute Gasteiger partial charge is 0.306 e. The highest BCUT2D eigenvalue weighted by atomic mass is 32.1. The molecule has 0 aliphatic heterocycles. The first kappa shape index (κ1) is 17.5. The average Bonchev–Trinajstić information content (AvgIpc) is 3.13. The molecule has 1 amide bonds. The van der Waals surface area contributed by atoms with Crippen LogP contribution in [-0.2, 0) is 0 Å². The zero-order chi connectivity index (χ0) is 18.7. The third-order valence-electron chi connectivity index (χ3n) is 3.47. The predicted octanol–water partition coefficient (Wildman–Crippen LogP) is 4.12. The molecular weight excluding hydrogens is 361 g/mol. The van der Waals surface area contributed by atoms with Crippen molar-refractivity contribution in [1.29, 1.82) is 0 Å². The van der Waals surface area contributed by atoms with Crippen LogP contribution in [0.2, 0.25) is 0 Å². The lowest BCUT2D eigenvalue weighted by Gasteiger charge is -2.03. The molecule has 0 atom stereocenters. The van der Waals surface area contributed by atoms with Crippen LogP contribution in [0.25, 0.3) is 10.6 Å². The minimum atomic E-state index is -0.969. The molecule has 0 aliphatic carbocycles. The molecule has 0 bridgehead atoms. The van der Waals surface area contributed by atoms with Gasteiger partial charge in [0.2, 0.25) is 5.82 Å². The molecule has 132 valence electrons. The number of carbonyl (C=O) groups is 1. The second-order valence-electron chi connectivity index (χ2n) is 5.14. The lowest BCUT2D eigenvalue weighted by Crippen LogP contribution is -2.12. The van der Waals surface area contributed by atoms with E-state index in [-0.39, 0.29) is 11.4 Å². The fraction of sp³-hybridized carbons (Fsp3) is 0.0588. The summed E-state index contributed by atoms with van der Waals surface area (Å²) in [5.74, 6) is -0.799. The summed E-state index contributed by atoms with van der Waals surface area (Å²) in [6, 6.07) is 10.4. The second-order valence-corrected chi connectivity index (χ2v) is 6.00. The summed E-state index contributed by atoms with van der Waals surface area (Å²) in [4.78, 5) is 26.5. The Kier molecular flexibility index (Phi) is 4.90. The van der Waals surface area contributed by atoms with Gasteiger partial charge in [-0.1, -0.05) is 0 Å². The largest absolute Gasteiger partial charge is 0.497 e. The Bertz CT molecular complexity index is 972. The molecule has 7 nitrogen and oxygen atoms in total. The van der Waals surface area contributed by atoms with Crippen LogP contribution >= 0.6 is 11.3 Å². The standard InChI is InChI=1S/C17H12FN3O4S/c1-25-12-5-2-10(3-6-12)17-20-14(9-26-17)16(22)19-11-4-7-13(18)15(8-11)21(23)24/h2-9H,1H3,(H,19,22). The van der Waals surface area contributed by atoms with E-state index < -0.39 is 22.3 Å². The third kappa shape index (κ3) is 3.67. The van der Waals surface area contributed by atoms with Crippen LogP contribution in [0.3, 0.4) is 0 Å².